The van der Waals surface area contributed by atoms with E-state index in [1.165, 1.54) is 36.5 Å². The van der Waals surface area contributed by atoms with Crippen molar-refractivity contribution in [2.75, 3.05) is 11.6 Å². The lowest BCUT2D eigenvalue weighted by molar-refractivity contribution is 0.102. The van der Waals surface area contributed by atoms with E-state index in [1.807, 2.05) is 6.92 Å². The second kappa shape index (κ2) is 7.73. The van der Waals surface area contributed by atoms with Gasteiger partial charge in [0.15, 0.2) is 9.84 Å². The highest BCUT2D eigenvalue weighted by Gasteiger charge is 2.19. The molecule has 0 unspecified atom stereocenters. The number of nitrogens with zero attached hydrogens (tertiary/aromatic N) is 2. The SMILES string of the molecule is CCc1c(C(=O)Nc2cc(S(C)(=O)=O)ccc2Cl)cnn1-c1ccc(F)cc1. The molecule has 1 aromatic heterocycles. The summed E-state index contributed by atoms with van der Waals surface area (Å²) in [5.41, 5.74) is 1.74. The molecule has 9 heteroatoms. The van der Waals surface area contributed by atoms with Gasteiger partial charge in [0.05, 0.1) is 38.7 Å². The molecule has 0 fully saturated rings. The van der Waals surface area contributed by atoms with Crippen molar-refractivity contribution in [1.82, 2.24) is 9.78 Å². The predicted octanol–water partition coefficient (Wildman–Crippen LogP) is 3.88. The number of halogens is 2. The van der Waals surface area contributed by atoms with Crippen LogP contribution in [0.4, 0.5) is 10.1 Å². The first-order chi connectivity index (χ1) is 13.2. The Balaban J connectivity index is 1.95. The number of anilines is 1. The van der Waals surface area contributed by atoms with Gasteiger partial charge in [0, 0.05) is 6.26 Å². The molecular formula is C19H17ClFN3O3S. The van der Waals surface area contributed by atoms with Crippen LogP contribution in [-0.2, 0) is 16.3 Å². The van der Waals surface area contributed by atoms with E-state index >= 15 is 0 Å². The van der Waals surface area contributed by atoms with Gasteiger partial charge < -0.3 is 5.32 Å². The maximum absolute atomic E-state index is 13.2. The first kappa shape index (κ1) is 20.0. The Morgan fingerprint density at radius 1 is 1.21 bits per heavy atom. The summed E-state index contributed by atoms with van der Waals surface area (Å²) in [7, 11) is -3.45. The molecule has 28 heavy (non-hydrogen) atoms. The van der Waals surface area contributed by atoms with Crippen LogP contribution in [0.25, 0.3) is 5.69 Å². The van der Waals surface area contributed by atoms with E-state index in [0.29, 0.717) is 23.4 Å². The zero-order valence-electron chi connectivity index (χ0n) is 15.1. The minimum absolute atomic E-state index is 0.0462. The van der Waals surface area contributed by atoms with Crippen LogP contribution in [0.1, 0.15) is 23.0 Å². The summed E-state index contributed by atoms with van der Waals surface area (Å²) in [6.07, 6.45) is 2.98. The van der Waals surface area contributed by atoms with Crippen molar-refractivity contribution in [3.8, 4) is 5.69 Å². The maximum Gasteiger partial charge on any atom is 0.259 e. The van der Waals surface area contributed by atoms with Gasteiger partial charge in [-0.2, -0.15) is 5.10 Å². The molecule has 1 heterocycles. The average Bonchev–Trinajstić information content (AvgIpc) is 3.07. The third-order valence-corrected chi connectivity index (χ3v) is 5.57. The molecule has 0 spiro atoms. The third kappa shape index (κ3) is 4.07. The van der Waals surface area contributed by atoms with Crippen LogP contribution in [0.5, 0.6) is 0 Å². The highest BCUT2D eigenvalue weighted by atomic mass is 35.5. The topological polar surface area (TPSA) is 81.1 Å². The molecular weight excluding hydrogens is 405 g/mol. The minimum Gasteiger partial charge on any atom is -0.320 e. The normalized spacial score (nSPS) is 11.4. The molecule has 0 radical (unpaired) electrons. The van der Waals surface area contributed by atoms with E-state index in [0.717, 1.165) is 6.26 Å². The van der Waals surface area contributed by atoms with Crippen molar-refractivity contribution in [3.05, 3.63) is 70.8 Å². The van der Waals surface area contributed by atoms with Gasteiger partial charge in [-0.15, -0.1) is 0 Å². The summed E-state index contributed by atoms with van der Waals surface area (Å²) in [6, 6.07) is 9.85. The molecule has 0 atom stereocenters. The van der Waals surface area contributed by atoms with Gasteiger partial charge in [-0.05, 0) is 48.9 Å². The van der Waals surface area contributed by atoms with Crippen LogP contribution in [0.2, 0.25) is 5.02 Å². The number of benzene rings is 2. The Morgan fingerprint density at radius 2 is 1.89 bits per heavy atom. The largest absolute Gasteiger partial charge is 0.320 e. The lowest BCUT2D eigenvalue weighted by Crippen LogP contribution is -2.15. The third-order valence-electron chi connectivity index (χ3n) is 4.13. The first-order valence-corrected chi connectivity index (χ1v) is 10.6. The first-order valence-electron chi connectivity index (χ1n) is 8.34. The highest BCUT2D eigenvalue weighted by Crippen LogP contribution is 2.26. The van der Waals surface area contributed by atoms with Gasteiger partial charge in [0.25, 0.3) is 5.91 Å². The molecule has 0 bridgehead atoms. The lowest BCUT2D eigenvalue weighted by atomic mass is 10.1. The number of sulfone groups is 1. The summed E-state index contributed by atoms with van der Waals surface area (Å²) < 4.78 is 38.2. The molecule has 0 aliphatic carbocycles. The molecule has 3 aromatic rings. The van der Waals surface area contributed by atoms with Gasteiger partial charge >= 0.3 is 0 Å². The number of hydrogen-bond donors (Lipinski definition) is 1. The summed E-state index contributed by atoms with van der Waals surface area (Å²) >= 11 is 6.10. The summed E-state index contributed by atoms with van der Waals surface area (Å²) in [5, 5.41) is 7.09. The van der Waals surface area contributed by atoms with Crippen LogP contribution >= 0.6 is 11.6 Å². The molecule has 0 aliphatic rings. The Morgan fingerprint density at radius 3 is 2.50 bits per heavy atom. The van der Waals surface area contributed by atoms with E-state index in [-0.39, 0.29) is 21.4 Å². The molecule has 2 aromatic carbocycles. The number of carbonyl (C=O) groups is 1. The number of amides is 1. The van der Waals surface area contributed by atoms with E-state index in [4.69, 9.17) is 11.6 Å². The summed E-state index contributed by atoms with van der Waals surface area (Å²) in [4.78, 5) is 12.8. The number of carbonyl (C=O) groups excluding carboxylic acids is 1. The van der Waals surface area contributed by atoms with Crippen molar-refractivity contribution in [2.45, 2.75) is 18.2 Å². The Bertz CT molecular complexity index is 1140. The van der Waals surface area contributed by atoms with Crippen molar-refractivity contribution < 1.29 is 17.6 Å². The number of rotatable bonds is 5. The second-order valence-electron chi connectivity index (χ2n) is 6.11. The van der Waals surface area contributed by atoms with E-state index in [2.05, 4.69) is 10.4 Å². The lowest BCUT2D eigenvalue weighted by Gasteiger charge is -2.10. The molecule has 6 nitrogen and oxygen atoms in total. The number of hydrogen-bond acceptors (Lipinski definition) is 4. The fraction of sp³-hybridized carbons (Fsp3) is 0.158. The minimum atomic E-state index is -3.45. The van der Waals surface area contributed by atoms with E-state index < -0.39 is 15.7 Å². The van der Waals surface area contributed by atoms with Crippen molar-refractivity contribution in [2.24, 2.45) is 0 Å². The summed E-state index contributed by atoms with van der Waals surface area (Å²) in [5.74, 6) is -0.843. The average molecular weight is 422 g/mol. The molecule has 1 N–H and O–H groups in total. The zero-order chi connectivity index (χ0) is 20.5. The van der Waals surface area contributed by atoms with Gasteiger partial charge in [-0.25, -0.2) is 17.5 Å². The molecule has 1 amide bonds. The molecule has 0 saturated heterocycles. The van der Waals surface area contributed by atoms with Gasteiger partial charge in [0.1, 0.15) is 5.82 Å². The highest BCUT2D eigenvalue weighted by molar-refractivity contribution is 7.90. The second-order valence-corrected chi connectivity index (χ2v) is 8.54. The Labute approximate surface area is 166 Å². The quantitative estimate of drug-likeness (QED) is 0.677. The monoisotopic (exact) mass is 421 g/mol. The summed E-state index contributed by atoms with van der Waals surface area (Å²) in [6.45, 7) is 1.87. The maximum atomic E-state index is 13.2. The van der Waals surface area contributed by atoms with E-state index in [9.17, 15) is 17.6 Å². The molecule has 146 valence electrons. The van der Waals surface area contributed by atoms with Crippen LogP contribution < -0.4 is 5.32 Å². The standard InChI is InChI=1S/C19H17ClFN3O3S/c1-3-18-15(11-22-24(18)13-6-4-12(21)5-7-13)19(25)23-17-10-14(28(2,26)27)8-9-16(17)20/h4-11H,3H2,1-2H3,(H,23,25). The van der Waals surface area contributed by atoms with Crippen LogP contribution in [-0.4, -0.2) is 30.4 Å². The molecule has 0 saturated carbocycles. The zero-order valence-corrected chi connectivity index (χ0v) is 16.7. The van der Waals surface area contributed by atoms with Crippen LogP contribution in [0.3, 0.4) is 0 Å². The van der Waals surface area contributed by atoms with E-state index in [1.54, 1.807) is 16.8 Å². The van der Waals surface area contributed by atoms with Crippen molar-refractivity contribution in [1.29, 1.82) is 0 Å². The Kier molecular flexibility index (Phi) is 5.53. The fourth-order valence-electron chi connectivity index (χ4n) is 2.73. The number of aromatic nitrogens is 2. The van der Waals surface area contributed by atoms with Gasteiger partial charge in [-0.1, -0.05) is 18.5 Å². The van der Waals surface area contributed by atoms with Crippen LogP contribution in [0, 0.1) is 5.82 Å². The molecule has 3 rings (SSSR count). The Hall–Kier alpha value is -2.71. The fourth-order valence-corrected chi connectivity index (χ4v) is 3.54. The number of nitrogens with one attached hydrogen (secondary N) is 1. The van der Waals surface area contributed by atoms with Gasteiger partial charge in [-0.3, -0.25) is 4.79 Å². The smallest absolute Gasteiger partial charge is 0.259 e. The molecule has 0 aliphatic heterocycles. The van der Waals surface area contributed by atoms with Crippen LogP contribution in [0.15, 0.2) is 53.6 Å². The van der Waals surface area contributed by atoms with Gasteiger partial charge in [0.2, 0.25) is 0 Å². The van der Waals surface area contributed by atoms with Crippen molar-refractivity contribution in [3.63, 3.8) is 0 Å². The van der Waals surface area contributed by atoms with Crippen molar-refractivity contribution >= 4 is 33.0 Å². The predicted molar refractivity (Wildman–Crippen MR) is 105 cm³/mol.